The van der Waals surface area contributed by atoms with Crippen LogP contribution in [0.1, 0.15) is 17.2 Å². The second-order valence-corrected chi connectivity index (χ2v) is 4.40. The Kier molecular flexibility index (Phi) is 3.93. The molecule has 0 aliphatic carbocycles. The topological polar surface area (TPSA) is 49.8 Å². The van der Waals surface area contributed by atoms with Gasteiger partial charge in [-0.25, -0.2) is 4.39 Å². The fourth-order valence-corrected chi connectivity index (χ4v) is 2.12. The molecule has 1 saturated heterocycles. The van der Waals surface area contributed by atoms with E-state index in [2.05, 4.69) is 0 Å². The first-order chi connectivity index (χ1) is 8.59. The van der Waals surface area contributed by atoms with Crippen molar-refractivity contribution in [1.29, 1.82) is 0 Å². The molecule has 1 aromatic carbocycles. The van der Waals surface area contributed by atoms with Crippen molar-refractivity contribution in [2.45, 2.75) is 13.0 Å². The van der Waals surface area contributed by atoms with Crippen molar-refractivity contribution in [3.63, 3.8) is 0 Å². The SMILES string of the molecule is Cc1ccc(C(C(=O)O)N2CCOCC2)cc1F. The third-order valence-corrected chi connectivity index (χ3v) is 3.16. The van der Waals surface area contributed by atoms with Crippen molar-refractivity contribution >= 4 is 5.97 Å². The predicted molar refractivity (Wildman–Crippen MR) is 63.9 cm³/mol. The maximum absolute atomic E-state index is 13.5. The van der Waals surface area contributed by atoms with E-state index in [1.54, 1.807) is 24.0 Å². The average molecular weight is 253 g/mol. The van der Waals surface area contributed by atoms with E-state index in [0.717, 1.165) is 0 Å². The second-order valence-electron chi connectivity index (χ2n) is 4.40. The van der Waals surface area contributed by atoms with Crippen LogP contribution in [0.5, 0.6) is 0 Å². The summed E-state index contributed by atoms with van der Waals surface area (Å²) in [6, 6.07) is 3.79. The number of ether oxygens (including phenoxy) is 1. The zero-order valence-corrected chi connectivity index (χ0v) is 10.2. The van der Waals surface area contributed by atoms with E-state index in [1.807, 2.05) is 0 Å². The zero-order chi connectivity index (χ0) is 13.1. The minimum absolute atomic E-state index is 0.369. The third kappa shape index (κ3) is 2.68. The smallest absolute Gasteiger partial charge is 0.325 e. The average Bonchev–Trinajstić information content (AvgIpc) is 2.35. The minimum Gasteiger partial charge on any atom is -0.480 e. The van der Waals surface area contributed by atoms with Crippen molar-refractivity contribution in [1.82, 2.24) is 4.90 Å². The minimum atomic E-state index is -0.958. The van der Waals surface area contributed by atoms with Crippen LogP contribution in [0.3, 0.4) is 0 Å². The van der Waals surface area contributed by atoms with Gasteiger partial charge in [0, 0.05) is 13.1 Å². The van der Waals surface area contributed by atoms with Crippen molar-refractivity contribution in [3.05, 3.63) is 35.1 Å². The van der Waals surface area contributed by atoms with Gasteiger partial charge >= 0.3 is 5.97 Å². The summed E-state index contributed by atoms with van der Waals surface area (Å²) in [7, 11) is 0. The Labute approximate surface area is 105 Å². The molecule has 98 valence electrons. The molecule has 1 atom stereocenters. The number of aliphatic carboxylic acids is 1. The fraction of sp³-hybridized carbons (Fsp3) is 0.462. The lowest BCUT2D eigenvalue weighted by atomic mass is 10.0. The summed E-state index contributed by atoms with van der Waals surface area (Å²) in [5.74, 6) is -1.33. The molecule has 0 saturated carbocycles. The number of rotatable bonds is 3. The highest BCUT2D eigenvalue weighted by atomic mass is 19.1. The first-order valence-electron chi connectivity index (χ1n) is 5.90. The van der Waals surface area contributed by atoms with E-state index in [4.69, 9.17) is 4.74 Å². The fourth-order valence-electron chi connectivity index (χ4n) is 2.12. The van der Waals surface area contributed by atoms with Gasteiger partial charge in [-0.2, -0.15) is 0 Å². The van der Waals surface area contributed by atoms with Crippen LogP contribution in [-0.2, 0) is 9.53 Å². The summed E-state index contributed by atoms with van der Waals surface area (Å²) >= 11 is 0. The van der Waals surface area contributed by atoms with E-state index in [1.165, 1.54) is 6.07 Å². The molecule has 1 unspecified atom stereocenters. The number of nitrogens with zero attached hydrogens (tertiary/aromatic N) is 1. The first-order valence-corrected chi connectivity index (χ1v) is 5.90. The molecule has 1 aromatic rings. The highest BCUT2D eigenvalue weighted by molar-refractivity contribution is 5.75. The number of aryl methyl sites for hydroxylation is 1. The first kappa shape index (κ1) is 13.0. The van der Waals surface area contributed by atoms with Gasteiger partial charge in [0.05, 0.1) is 13.2 Å². The zero-order valence-electron chi connectivity index (χ0n) is 10.2. The Morgan fingerprint density at radius 2 is 2.11 bits per heavy atom. The maximum Gasteiger partial charge on any atom is 0.325 e. The lowest BCUT2D eigenvalue weighted by Crippen LogP contribution is -2.42. The normalized spacial score (nSPS) is 18.6. The number of carbonyl (C=O) groups is 1. The summed E-state index contributed by atoms with van der Waals surface area (Å²) in [5.41, 5.74) is 0.998. The Morgan fingerprint density at radius 3 is 2.67 bits per heavy atom. The number of hydrogen-bond acceptors (Lipinski definition) is 3. The van der Waals surface area contributed by atoms with Gasteiger partial charge in [0.2, 0.25) is 0 Å². The van der Waals surface area contributed by atoms with Gasteiger partial charge in [0.15, 0.2) is 0 Å². The van der Waals surface area contributed by atoms with Crippen LogP contribution in [0.4, 0.5) is 4.39 Å². The second kappa shape index (κ2) is 5.46. The molecule has 4 nitrogen and oxygen atoms in total. The van der Waals surface area contributed by atoms with Crippen LogP contribution in [0.2, 0.25) is 0 Å². The van der Waals surface area contributed by atoms with Crippen molar-refractivity contribution in [3.8, 4) is 0 Å². The summed E-state index contributed by atoms with van der Waals surface area (Å²) in [6.45, 7) is 3.78. The lowest BCUT2D eigenvalue weighted by Gasteiger charge is -2.32. The molecule has 1 aliphatic heterocycles. The van der Waals surface area contributed by atoms with Crippen LogP contribution in [-0.4, -0.2) is 42.3 Å². The lowest BCUT2D eigenvalue weighted by molar-refractivity contribution is -0.145. The summed E-state index contributed by atoms with van der Waals surface area (Å²) in [6.07, 6.45) is 0. The van der Waals surface area contributed by atoms with E-state index >= 15 is 0 Å². The van der Waals surface area contributed by atoms with Crippen LogP contribution in [0.25, 0.3) is 0 Å². The molecule has 1 heterocycles. The van der Waals surface area contributed by atoms with Crippen molar-refractivity contribution in [2.75, 3.05) is 26.3 Å². The predicted octanol–water partition coefficient (Wildman–Crippen LogP) is 1.59. The Balaban J connectivity index is 2.28. The van der Waals surface area contributed by atoms with E-state index in [9.17, 15) is 14.3 Å². The van der Waals surface area contributed by atoms with Gasteiger partial charge in [-0.15, -0.1) is 0 Å². The van der Waals surface area contributed by atoms with E-state index in [0.29, 0.717) is 37.4 Å². The number of carboxylic acids is 1. The molecule has 0 aromatic heterocycles. The molecule has 1 fully saturated rings. The van der Waals surface area contributed by atoms with Gasteiger partial charge < -0.3 is 9.84 Å². The molecule has 1 aliphatic rings. The van der Waals surface area contributed by atoms with Crippen molar-refractivity contribution < 1.29 is 19.0 Å². The van der Waals surface area contributed by atoms with Crippen LogP contribution >= 0.6 is 0 Å². The van der Waals surface area contributed by atoms with Crippen LogP contribution in [0, 0.1) is 12.7 Å². The third-order valence-electron chi connectivity index (χ3n) is 3.16. The Bertz CT molecular complexity index is 444. The number of carboxylic acid groups (broad SMARTS) is 1. The van der Waals surface area contributed by atoms with Gasteiger partial charge in [0.1, 0.15) is 11.9 Å². The molecule has 5 heteroatoms. The van der Waals surface area contributed by atoms with Crippen molar-refractivity contribution in [2.24, 2.45) is 0 Å². The highest BCUT2D eigenvalue weighted by Crippen LogP contribution is 2.23. The van der Waals surface area contributed by atoms with Gasteiger partial charge in [-0.3, -0.25) is 9.69 Å². The quantitative estimate of drug-likeness (QED) is 0.888. The Hall–Kier alpha value is -1.46. The van der Waals surface area contributed by atoms with Gasteiger partial charge in [-0.05, 0) is 24.1 Å². The standard InChI is InChI=1S/C13H16FNO3/c1-9-2-3-10(8-11(9)14)12(13(16)17)15-4-6-18-7-5-15/h2-3,8,12H,4-7H2,1H3,(H,16,17). The molecule has 0 amide bonds. The summed E-state index contributed by atoms with van der Waals surface area (Å²) in [5, 5.41) is 9.33. The number of benzene rings is 1. The van der Waals surface area contributed by atoms with Gasteiger partial charge in [-0.1, -0.05) is 12.1 Å². The van der Waals surface area contributed by atoms with Crippen LogP contribution < -0.4 is 0 Å². The molecule has 18 heavy (non-hydrogen) atoms. The number of morpholine rings is 1. The van der Waals surface area contributed by atoms with Crippen LogP contribution in [0.15, 0.2) is 18.2 Å². The molecular weight excluding hydrogens is 237 g/mol. The molecule has 0 spiro atoms. The maximum atomic E-state index is 13.5. The number of halogens is 1. The molecular formula is C13H16FNO3. The monoisotopic (exact) mass is 253 g/mol. The van der Waals surface area contributed by atoms with Gasteiger partial charge in [0.25, 0.3) is 0 Å². The van der Waals surface area contributed by atoms with E-state index < -0.39 is 12.0 Å². The summed E-state index contributed by atoms with van der Waals surface area (Å²) in [4.78, 5) is 13.2. The highest BCUT2D eigenvalue weighted by Gasteiger charge is 2.29. The number of hydrogen-bond donors (Lipinski definition) is 1. The Morgan fingerprint density at radius 1 is 1.44 bits per heavy atom. The molecule has 0 radical (unpaired) electrons. The van der Waals surface area contributed by atoms with E-state index in [-0.39, 0.29) is 5.82 Å². The molecule has 0 bridgehead atoms. The largest absolute Gasteiger partial charge is 0.480 e. The summed E-state index contributed by atoms with van der Waals surface area (Å²) < 4.78 is 18.7. The molecule has 2 rings (SSSR count). The molecule has 1 N–H and O–H groups in total.